The first-order valence-electron chi connectivity index (χ1n) is 12.5. The molecule has 0 spiro atoms. The molecule has 38 heavy (non-hydrogen) atoms. The Morgan fingerprint density at radius 3 is 2.68 bits per heavy atom. The standard InChI is InChI=1S/C25H31N7O6/c1-4-5-10-38-22-18(33)11-17(31-9-8-30(15(2)3)24(36)21(22)31)12-26-20(34)13-27-23(35)16-6-7-19-28-29-25(37)32(19)14-16/h6-7,11,14-15H,4-5,8-10,12-13H2,1-3H3,(H,26,34)(H,27,35)(H,29,37). The lowest BCUT2D eigenvalue weighted by Gasteiger charge is -2.35. The van der Waals surface area contributed by atoms with Crippen LogP contribution in [0.3, 0.4) is 0 Å². The SMILES string of the molecule is CCCCOc1c2n(c(CNC(=O)CNC(=O)c3ccc4n[nH]c(=O)n4c3)cc1=O)CCN(C(C)C)C2=O. The van der Waals surface area contributed by atoms with Gasteiger partial charge in [-0.1, -0.05) is 13.3 Å². The van der Waals surface area contributed by atoms with Gasteiger partial charge in [0, 0.05) is 37.1 Å². The number of fused-ring (bicyclic) bond motifs is 2. The molecule has 3 amide bonds. The number of aromatic amines is 1. The first-order valence-corrected chi connectivity index (χ1v) is 12.5. The number of hydrogen-bond acceptors (Lipinski definition) is 7. The summed E-state index contributed by atoms with van der Waals surface area (Å²) in [6.07, 6.45) is 2.96. The van der Waals surface area contributed by atoms with Crippen LogP contribution in [0.15, 0.2) is 34.0 Å². The third-order valence-electron chi connectivity index (χ3n) is 6.30. The highest BCUT2D eigenvalue weighted by molar-refractivity contribution is 5.97. The first kappa shape index (κ1) is 26.6. The number of nitrogens with zero attached hydrogens (tertiary/aromatic N) is 4. The second-order valence-corrected chi connectivity index (χ2v) is 9.26. The minimum atomic E-state index is -0.545. The molecule has 3 N–H and O–H groups in total. The minimum absolute atomic E-state index is 0.0164. The molecule has 0 fully saturated rings. The van der Waals surface area contributed by atoms with Crippen molar-refractivity contribution < 1.29 is 19.1 Å². The maximum Gasteiger partial charge on any atom is 0.347 e. The van der Waals surface area contributed by atoms with Crippen LogP contribution < -0.4 is 26.5 Å². The summed E-state index contributed by atoms with van der Waals surface area (Å²) in [5.41, 5.74) is 0.294. The largest absolute Gasteiger partial charge is 0.487 e. The highest BCUT2D eigenvalue weighted by atomic mass is 16.5. The Hall–Kier alpha value is -4.42. The summed E-state index contributed by atoms with van der Waals surface area (Å²) >= 11 is 0. The summed E-state index contributed by atoms with van der Waals surface area (Å²) < 4.78 is 8.66. The second kappa shape index (κ2) is 11.3. The van der Waals surface area contributed by atoms with Gasteiger partial charge in [0.25, 0.3) is 11.8 Å². The highest BCUT2D eigenvalue weighted by Gasteiger charge is 2.32. The number of hydrogen-bond donors (Lipinski definition) is 3. The molecule has 0 atom stereocenters. The van der Waals surface area contributed by atoms with Gasteiger partial charge in [-0.3, -0.25) is 19.2 Å². The zero-order valence-electron chi connectivity index (χ0n) is 21.6. The van der Waals surface area contributed by atoms with Crippen LogP contribution in [-0.2, 0) is 17.9 Å². The van der Waals surface area contributed by atoms with Crippen LogP contribution in [0.2, 0.25) is 0 Å². The van der Waals surface area contributed by atoms with E-state index in [2.05, 4.69) is 20.8 Å². The maximum atomic E-state index is 13.3. The van der Waals surface area contributed by atoms with Crippen LogP contribution in [0.25, 0.3) is 5.65 Å². The van der Waals surface area contributed by atoms with Crippen LogP contribution in [0.4, 0.5) is 0 Å². The summed E-state index contributed by atoms with van der Waals surface area (Å²) in [6, 6.07) is 4.32. The number of amides is 3. The summed E-state index contributed by atoms with van der Waals surface area (Å²) in [5.74, 6) is -1.29. The van der Waals surface area contributed by atoms with Gasteiger partial charge in [-0.05, 0) is 32.4 Å². The van der Waals surface area contributed by atoms with Gasteiger partial charge in [-0.25, -0.2) is 14.3 Å². The van der Waals surface area contributed by atoms with Crippen molar-refractivity contribution in [1.82, 2.24) is 34.7 Å². The Bertz CT molecular complexity index is 1490. The van der Waals surface area contributed by atoms with Gasteiger partial charge in [0.1, 0.15) is 0 Å². The van der Waals surface area contributed by atoms with E-state index in [9.17, 15) is 24.0 Å². The number of ether oxygens (including phenoxy) is 1. The van der Waals surface area contributed by atoms with Crippen LogP contribution in [-0.4, -0.2) is 67.5 Å². The maximum absolute atomic E-state index is 13.3. The summed E-state index contributed by atoms with van der Waals surface area (Å²) in [7, 11) is 0. The Balaban J connectivity index is 1.46. The molecular formula is C25H31N7O6. The van der Waals surface area contributed by atoms with Crippen LogP contribution >= 0.6 is 0 Å². The molecule has 3 aromatic rings. The average molecular weight is 526 g/mol. The summed E-state index contributed by atoms with van der Waals surface area (Å²) in [4.78, 5) is 64.6. The second-order valence-electron chi connectivity index (χ2n) is 9.26. The van der Waals surface area contributed by atoms with Crippen LogP contribution in [0.5, 0.6) is 5.75 Å². The van der Waals surface area contributed by atoms with Gasteiger partial charge in [-0.2, -0.15) is 5.10 Å². The van der Waals surface area contributed by atoms with E-state index in [0.717, 1.165) is 12.8 Å². The van der Waals surface area contributed by atoms with Gasteiger partial charge < -0.3 is 24.8 Å². The molecule has 0 unspecified atom stereocenters. The minimum Gasteiger partial charge on any atom is -0.487 e. The molecule has 0 aromatic carbocycles. The van der Waals surface area contributed by atoms with Gasteiger partial charge in [-0.15, -0.1) is 0 Å². The molecule has 0 saturated heterocycles. The normalized spacial score (nSPS) is 13.1. The van der Waals surface area contributed by atoms with Crippen molar-refractivity contribution in [2.24, 2.45) is 0 Å². The van der Waals surface area contributed by atoms with E-state index < -0.39 is 22.9 Å². The van der Waals surface area contributed by atoms with E-state index in [1.807, 2.05) is 20.8 Å². The van der Waals surface area contributed by atoms with Gasteiger partial charge in [0.2, 0.25) is 11.3 Å². The summed E-state index contributed by atoms with van der Waals surface area (Å²) in [6.45, 7) is 6.71. The zero-order chi connectivity index (χ0) is 27.4. The topological polar surface area (TPSA) is 160 Å². The van der Waals surface area contributed by atoms with E-state index in [1.165, 1.54) is 28.8 Å². The van der Waals surface area contributed by atoms with Crippen molar-refractivity contribution in [2.45, 2.75) is 52.7 Å². The first-order chi connectivity index (χ1) is 18.2. The highest BCUT2D eigenvalue weighted by Crippen LogP contribution is 2.24. The third-order valence-corrected chi connectivity index (χ3v) is 6.30. The van der Waals surface area contributed by atoms with E-state index in [1.54, 1.807) is 9.47 Å². The number of rotatable bonds is 10. The van der Waals surface area contributed by atoms with Gasteiger partial charge in [0.15, 0.2) is 17.1 Å². The molecule has 4 heterocycles. The molecule has 0 aliphatic carbocycles. The average Bonchev–Trinajstić information content (AvgIpc) is 3.27. The molecule has 0 bridgehead atoms. The Labute approximate surface area is 217 Å². The smallest absolute Gasteiger partial charge is 0.347 e. The van der Waals surface area contributed by atoms with Crippen molar-refractivity contribution in [3.63, 3.8) is 0 Å². The van der Waals surface area contributed by atoms with Gasteiger partial charge in [0.05, 0.1) is 25.3 Å². The quantitative estimate of drug-likeness (QED) is 0.320. The van der Waals surface area contributed by atoms with Gasteiger partial charge >= 0.3 is 5.69 Å². The van der Waals surface area contributed by atoms with Crippen molar-refractivity contribution in [1.29, 1.82) is 0 Å². The number of H-pyrrole nitrogens is 1. The monoisotopic (exact) mass is 525 g/mol. The zero-order valence-corrected chi connectivity index (χ0v) is 21.6. The molecule has 0 saturated carbocycles. The van der Waals surface area contributed by atoms with E-state index >= 15 is 0 Å². The number of unbranched alkanes of at least 4 members (excludes halogenated alkanes) is 1. The molecular weight excluding hydrogens is 494 g/mol. The molecule has 4 rings (SSSR count). The van der Waals surface area contributed by atoms with Crippen LogP contribution in [0.1, 0.15) is 60.2 Å². The number of carbonyl (C=O) groups is 3. The number of carbonyl (C=O) groups excluding carboxylic acids is 3. The lowest BCUT2D eigenvalue weighted by molar-refractivity contribution is -0.120. The predicted octanol–water partition coefficient (Wildman–Crippen LogP) is 0.274. The molecule has 202 valence electrons. The van der Waals surface area contributed by atoms with Crippen molar-refractivity contribution in [2.75, 3.05) is 19.7 Å². The van der Waals surface area contributed by atoms with E-state index in [4.69, 9.17) is 4.74 Å². The summed E-state index contributed by atoms with van der Waals surface area (Å²) in [5, 5.41) is 11.3. The molecule has 13 nitrogen and oxygen atoms in total. The molecule has 13 heteroatoms. The Morgan fingerprint density at radius 1 is 1.16 bits per heavy atom. The van der Waals surface area contributed by atoms with Crippen molar-refractivity contribution in [3.05, 3.63) is 62.1 Å². The number of pyridine rings is 2. The predicted molar refractivity (Wildman–Crippen MR) is 137 cm³/mol. The van der Waals surface area contributed by atoms with Crippen molar-refractivity contribution in [3.8, 4) is 5.75 Å². The fourth-order valence-corrected chi connectivity index (χ4v) is 4.24. The molecule has 3 aromatic heterocycles. The third kappa shape index (κ3) is 5.45. The molecule has 0 radical (unpaired) electrons. The molecule has 1 aliphatic heterocycles. The van der Waals surface area contributed by atoms with E-state index in [-0.39, 0.29) is 42.0 Å². The lowest BCUT2D eigenvalue weighted by Crippen LogP contribution is -2.46. The number of aromatic nitrogens is 4. The lowest BCUT2D eigenvalue weighted by atomic mass is 10.1. The molecule has 1 aliphatic rings. The van der Waals surface area contributed by atoms with Crippen molar-refractivity contribution >= 4 is 23.4 Å². The van der Waals surface area contributed by atoms with Crippen LogP contribution in [0, 0.1) is 0 Å². The number of nitrogens with one attached hydrogen (secondary N) is 3. The Morgan fingerprint density at radius 2 is 1.95 bits per heavy atom. The fourth-order valence-electron chi connectivity index (χ4n) is 4.24. The Kier molecular flexibility index (Phi) is 7.93. The fraction of sp³-hybridized carbons (Fsp3) is 0.440. The van der Waals surface area contributed by atoms with E-state index in [0.29, 0.717) is 31.0 Å².